The number of thiazole rings is 1. The molecule has 3 rings (SSSR count). The van der Waals surface area contributed by atoms with Crippen LogP contribution in [-0.2, 0) is 12.8 Å². The normalized spacial score (nSPS) is 15.8. The number of hydrogen-bond acceptors (Lipinski definition) is 3. The minimum absolute atomic E-state index is 0.265. The number of rotatable bonds is 4. The summed E-state index contributed by atoms with van der Waals surface area (Å²) in [5, 5.41) is 4.71. The summed E-state index contributed by atoms with van der Waals surface area (Å²) in [6.45, 7) is 2.74. The van der Waals surface area contributed by atoms with E-state index < -0.39 is 0 Å². The van der Waals surface area contributed by atoms with Gasteiger partial charge in [-0.05, 0) is 44.4 Å². The summed E-state index contributed by atoms with van der Waals surface area (Å²) >= 11 is 7.93. The summed E-state index contributed by atoms with van der Waals surface area (Å²) in [7, 11) is 0. The molecular weight excluding hydrogens is 307 g/mol. The van der Waals surface area contributed by atoms with Gasteiger partial charge in [-0.25, -0.2) is 9.37 Å². The molecule has 1 aliphatic carbocycles. The van der Waals surface area contributed by atoms with Crippen LogP contribution < -0.4 is 5.32 Å². The van der Waals surface area contributed by atoms with Crippen LogP contribution >= 0.6 is 22.9 Å². The maximum absolute atomic E-state index is 14.2. The van der Waals surface area contributed by atoms with Gasteiger partial charge in [0.25, 0.3) is 0 Å². The van der Waals surface area contributed by atoms with Crippen LogP contribution in [0.4, 0.5) is 4.39 Å². The second-order valence-electron chi connectivity index (χ2n) is 5.26. The van der Waals surface area contributed by atoms with E-state index in [2.05, 4.69) is 5.32 Å². The summed E-state index contributed by atoms with van der Waals surface area (Å²) < 4.78 is 14.2. The van der Waals surface area contributed by atoms with Gasteiger partial charge in [0.15, 0.2) is 0 Å². The number of fused-ring (bicyclic) bond motifs is 1. The van der Waals surface area contributed by atoms with Crippen LogP contribution in [0.2, 0.25) is 5.02 Å². The third-order valence-electron chi connectivity index (χ3n) is 3.81. The van der Waals surface area contributed by atoms with Gasteiger partial charge in [-0.1, -0.05) is 24.6 Å². The van der Waals surface area contributed by atoms with Crippen LogP contribution in [-0.4, -0.2) is 11.5 Å². The van der Waals surface area contributed by atoms with Crippen molar-refractivity contribution in [2.24, 2.45) is 0 Å². The maximum Gasteiger partial charge on any atom is 0.129 e. The molecule has 1 aliphatic rings. The van der Waals surface area contributed by atoms with Gasteiger partial charge >= 0.3 is 0 Å². The molecule has 1 N–H and O–H groups in total. The van der Waals surface area contributed by atoms with Gasteiger partial charge in [-0.15, -0.1) is 11.3 Å². The van der Waals surface area contributed by atoms with E-state index in [0.29, 0.717) is 10.6 Å². The molecule has 0 radical (unpaired) electrons. The predicted molar refractivity (Wildman–Crippen MR) is 85.7 cm³/mol. The number of nitrogens with one attached hydrogen (secondary N) is 1. The van der Waals surface area contributed by atoms with Gasteiger partial charge in [-0.3, -0.25) is 0 Å². The number of hydrogen-bond donors (Lipinski definition) is 1. The van der Waals surface area contributed by atoms with Gasteiger partial charge < -0.3 is 5.32 Å². The molecule has 0 amide bonds. The quantitative estimate of drug-likeness (QED) is 0.894. The Bertz CT molecular complexity index is 597. The highest BCUT2D eigenvalue weighted by atomic mass is 35.5. The third-order valence-corrected chi connectivity index (χ3v) is 5.36. The Morgan fingerprint density at radius 1 is 1.38 bits per heavy atom. The number of aromatic nitrogens is 1. The minimum Gasteiger partial charge on any atom is -0.304 e. The van der Waals surface area contributed by atoms with Crippen molar-refractivity contribution in [3.05, 3.63) is 50.2 Å². The molecule has 0 saturated heterocycles. The molecule has 0 fully saturated rings. The highest BCUT2D eigenvalue weighted by Gasteiger charge is 2.25. The Morgan fingerprint density at radius 3 is 2.90 bits per heavy atom. The number of nitrogens with zero attached hydrogens (tertiary/aromatic N) is 1. The molecule has 2 aromatic rings. The molecule has 0 aliphatic heterocycles. The molecule has 0 spiro atoms. The Kier molecular flexibility index (Phi) is 4.57. The molecule has 5 heteroatoms. The van der Waals surface area contributed by atoms with Gasteiger partial charge in [0.2, 0.25) is 0 Å². The summed E-state index contributed by atoms with van der Waals surface area (Å²) in [6.07, 6.45) is 4.55. The minimum atomic E-state index is -0.276. The first-order valence-corrected chi connectivity index (χ1v) is 8.56. The second kappa shape index (κ2) is 6.42. The third kappa shape index (κ3) is 2.98. The van der Waals surface area contributed by atoms with Crippen LogP contribution in [0.3, 0.4) is 0 Å². The average Bonchev–Trinajstić information content (AvgIpc) is 2.89. The lowest BCUT2D eigenvalue weighted by molar-refractivity contribution is 0.556. The average molecular weight is 325 g/mol. The van der Waals surface area contributed by atoms with Gasteiger partial charge in [0.05, 0.1) is 11.7 Å². The topological polar surface area (TPSA) is 24.9 Å². The number of halogens is 2. The maximum atomic E-state index is 14.2. The molecule has 21 heavy (non-hydrogen) atoms. The molecule has 112 valence electrons. The first kappa shape index (κ1) is 14.9. The largest absolute Gasteiger partial charge is 0.304 e. The van der Waals surface area contributed by atoms with Crippen molar-refractivity contribution >= 4 is 22.9 Å². The molecular formula is C16H18ClFN2S. The molecule has 2 nitrogen and oxygen atoms in total. The van der Waals surface area contributed by atoms with Crippen molar-refractivity contribution in [3.8, 4) is 0 Å². The van der Waals surface area contributed by atoms with E-state index in [4.69, 9.17) is 16.6 Å². The monoisotopic (exact) mass is 324 g/mol. The molecule has 1 aromatic heterocycles. The van der Waals surface area contributed by atoms with Crippen molar-refractivity contribution in [3.63, 3.8) is 0 Å². The van der Waals surface area contributed by atoms with E-state index in [0.717, 1.165) is 24.4 Å². The SMILES string of the molecule is CCNC(c1nc2c(s1)CCCC2)c1c(F)cccc1Cl. The van der Waals surface area contributed by atoms with E-state index in [9.17, 15) is 4.39 Å². The predicted octanol–water partition coefficient (Wildman–Crippen LogP) is 4.51. The van der Waals surface area contributed by atoms with E-state index in [1.807, 2.05) is 6.92 Å². The first-order valence-electron chi connectivity index (χ1n) is 7.36. The fourth-order valence-electron chi connectivity index (χ4n) is 2.80. The Labute approximate surface area is 133 Å². The van der Waals surface area contributed by atoms with E-state index >= 15 is 0 Å². The Hall–Kier alpha value is -0.970. The molecule has 0 bridgehead atoms. The molecule has 1 unspecified atom stereocenters. The molecule has 0 saturated carbocycles. The van der Waals surface area contributed by atoms with Crippen LogP contribution in [0, 0.1) is 5.82 Å². The number of benzene rings is 1. The molecule has 1 atom stereocenters. The highest BCUT2D eigenvalue weighted by molar-refractivity contribution is 7.11. The highest BCUT2D eigenvalue weighted by Crippen LogP contribution is 2.35. The van der Waals surface area contributed by atoms with Crippen molar-refractivity contribution in [1.82, 2.24) is 10.3 Å². The fraction of sp³-hybridized carbons (Fsp3) is 0.438. The summed E-state index contributed by atoms with van der Waals surface area (Å²) in [5.74, 6) is -0.276. The zero-order valence-corrected chi connectivity index (χ0v) is 13.5. The van der Waals surface area contributed by atoms with Crippen LogP contribution in [0.15, 0.2) is 18.2 Å². The van der Waals surface area contributed by atoms with E-state index in [1.54, 1.807) is 23.5 Å². The zero-order chi connectivity index (χ0) is 14.8. The lowest BCUT2D eigenvalue weighted by atomic mass is 10.0. The van der Waals surface area contributed by atoms with Crippen molar-refractivity contribution in [2.75, 3.05) is 6.54 Å². The first-order chi connectivity index (χ1) is 10.2. The van der Waals surface area contributed by atoms with Gasteiger partial charge in [-0.2, -0.15) is 0 Å². The lowest BCUT2D eigenvalue weighted by Crippen LogP contribution is -2.23. The summed E-state index contributed by atoms with van der Waals surface area (Å²) in [4.78, 5) is 6.11. The smallest absolute Gasteiger partial charge is 0.129 e. The Morgan fingerprint density at radius 2 is 2.19 bits per heavy atom. The van der Waals surface area contributed by atoms with Crippen molar-refractivity contribution in [1.29, 1.82) is 0 Å². The van der Waals surface area contributed by atoms with Crippen LogP contribution in [0.25, 0.3) is 0 Å². The van der Waals surface area contributed by atoms with E-state index in [1.165, 1.54) is 29.5 Å². The molecule has 1 aromatic carbocycles. The van der Waals surface area contributed by atoms with E-state index in [-0.39, 0.29) is 11.9 Å². The number of aryl methyl sites for hydroxylation is 2. The fourth-order valence-corrected chi connectivity index (χ4v) is 4.31. The lowest BCUT2D eigenvalue weighted by Gasteiger charge is -2.18. The standard InChI is InChI=1S/C16H18ClFN2S/c1-2-19-15(14-10(17)6-5-7-11(14)18)16-20-12-8-3-4-9-13(12)21-16/h5-7,15,19H,2-4,8-9H2,1H3. The van der Waals surface area contributed by atoms with Crippen molar-refractivity contribution in [2.45, 2.75) is 38.6 Å². The van der Waals surface area contributed by atoms with Gasteiger partial charge in [0, 0.05) is 15.5 Å². The summed E-state index contributed by atoms with van der Waals surface area (Å²) in [5.41, 5.74) is 1.70. The second-order valence-corrected chi connectivity index (χ2v) is 6.78. The van der Waals surface area contributed by atoms with Crippen molar-refractivity contribution < 1.29 is 4.39 Å². The van der Waals surface area contributed by atoms with Crippen LogP contribution in [0.1, 0.15) is 46.9 Å². The molecule has 1 heterocycles. The van der Waals surface area contributed by atoms with Gasteiger partial charge in [0.1, 0.15) is 10.8 Å². The Balaban J connectivity index is 2.03. The zero-order valence-electron chi connectivity index (χ0n) is 12.0. The summed E-state index contributed by atoms with van der Waals surface area (Å²) in [6, 6.07) is 4.56. The van der Waals surface area contributed by atoms with Crippen LogP contribution in [0.5, 0.6) is 0 Å².